The molecule has 0 aliphatic heterocycles. The first-order chi connectivity index (χ1) is 30.8. The van der Waals surface area contributed by atoms with Crippen LogP contribution in [0.5, 0.6) is 0 Å². The SMILES string of the molecule is c1ccc(-c2ccccc2N(c2ccc3c(c2)-c2ccccc2-c2ccccc2-c2ccccc2-3)c2ccc3c(c2)-c2ccccc2C3(c2ccccc2)c2ccccc2)cc1. The number of rotatable bonds is 6. The molecule has 62 heavy (non-hydrogen) atoms. The van der Waals surface area contributed by atoms with E-state index in [9.17, 15) is 0 Å². The second kappa shape index (κ2) is 14.6. The van der Waals surface area contributed by atoms with Crippen LogP contribution in [0.25, 0.3) is 66.8 Å². The molecule has 12 rings (SSSR count). The number of nitrogens with zero attached hydrogens (tertiary/aromatic N) is 1. The minimum atomic E-state index is -0.476. The maximum atomic E-state index is 2.48. The molecule has 10 aromatic carbocycles. The topological polar surface area (TPSA) is 3.24 Å². The van der Waals surface area contributed by atoms with Crippen LogP contribution in [-0.2, 0) is 5.41 Å². The fourth-order valence-corrected chi connectivity index (χ4v) is 10.5. The van der Waals surface area contributed by atoms with Crippen molar-refractivity contribution >= 4 is 17.1 Å². The number of hydrogen-bond donors (Lipinski definition) is 0. The Hall–Kier alpha value is -8.00. The highest BCUT2D eigenvalue weighted by atomic mass is 15.1. The van der Waals surface area contributed by atoms with Gasteiger partial charge in [0.15, 0.2) is 0 Å². The smallest absolute Gasteiger partial charge is 0.0713 e. The summed E-state index contributed by atoms with van der Waals surface area (Å²) in [5.41, 5.74) is 22.7. The van der Waals surface area contributed by atoms with Crippen LogP contribution < -0.4 is 4.90 Å². The van der Waals surface area contributed by atoms with Crippen molar-refractivity contribution in [3.8, 4) is 66.8 Å². The fourth-order valence-electron chi connectivity index (χ4n) is 10.5. The van der Waals surface area contributed by atoms with E-state index in [0.29, 0.717) is 0 Å². The summed E-state index contributed by atoms with van der Waals surface area (Å²) in [5, 5.41) is 0. The van der Waals surface area contributed by atoms with Crippen molar-refractivity contribution in [1.82, 2.24) is 0 Å². The van der Waals surface area contributed by atoms with Crippen molar-refractivity contribution < 1.29 is 0 Å². The van der Waals surface area contributed by atoms with Gasteiger partial charge in [-0.2, -0.15) is 0 Å². The standard InChI is InChI=1S/C61H41N/c1-4-20-42(21-5-1)47-26-17-19-35-60(47)62(45-36-38-54-52-31-13-12-29-50(52)48-27-10-11-28-49(48)51-30-14-15-32-53(51)56(54)40-45)46-37-39-59-57(41-46)55-33-16-18-34-58(55)61(59,43-22-6-2-7-23-43)44-24-8-3-9-25-44/h1-41H. The van der Waals surface area contributed by atoms with Gasteiger partial charge in [-0.1, -0.05) is 218 Å². The summed E-state index contributed by atoms with van der Waals surface area (Å²) in [6.07, 6.45) is 0. The summed E-state index contributed by atoms with van der Waals surface area (Å²) in [4.78, 5) is 2.48. The van der Waals surface area contributed by atoms with E-state index in [1.807, 2.05) is 0 Å². The van der Waals surface area contributed by atoms with Crippen LogP contribution in [0.1, 0.15) is 22.3 Å². The van der Waals surface area contributed by atoms with Gasteiger partial charge in [-0.15, -0.1) is 0 Å². The molecule has 0 unspecified atom stereocenters. The van der Waals surface area contributed by atoms with Gasteiger partial charge >= 0.3 is 0 Å². The zero-order valence-electron chi connectivity index (χ0n) is 34.1. The summed E-state index contributed by atoms with van der Waals surface area (Å²) in [7, 11) is 0. The Morgan fingerprint density at radius 3 is 1.16 bits per heavy atom. The van der Waals surface area contributed by atoms with E-state index < -0.39 is 5.41 Å². The third-order valence-corrected chi connectivity index (χ3v) is 13.1. The summed E-state index contributed by atoms with van der Waals surface area (Å²) in [5.74, 6) is 0. The Kier molecular flexibility index (Phi) is 8.47. The molecule has 0 N–H and O–H groups in total. The molecule has 0 spiro atoms. The Labute approximate surface area is 363 Å². The predicted octanol–water partition coefficient (Wildman–Crippen LogP) is 16.2. The molecule has 10 aromatic rings. The van der Waals surface area contributed by atoms with Crippen molar-refractivity contribution in [3.05, 3.63) is 271 Å². The van der Waals surface area contributed by atoms with Gasteiger partial charge in [0, 0.05) is 16.9 Å². The first-order valence-corrected chi connectivity index (χ1v) is 21.5. The molecule has 1 nitrogen and oxygen atoms in total. The van der Waals surface area contributed by atoms with Crippen molar-refractivity contribution in [2.45, 2.75) is 5.41 Å². The molecule has 2 aliphatic carbocycles. The lowest BCUT2D eigenvalue weighted by Crippen LogP contribution is -2.28. The summed E-state index contributed by atoms with van der Waals surface area (Å²) in [6.45, 7) is 0. The number of benzene rings is 10. The third kappa shape index (κ3) is 5.49. The molecule has 1 heteroatoms. The second-order valence-electron chi connectivity index (χ2n) is 16.3. The lowest BCUT2D eigenvalue weighted by atomic mass is 9.68. The van der Waals surface area contributed by atoms with Crippen molar-refractivity contribution in [2.75, 3.05) is 4.90 Å². The van der Waals surface area contributed by atoms with Crippen molar-refractivity contribution in [1.29, 1.82) is 0 Å². The van der Waals surface area contributed by atoms with Crippen LogP contribution in [0, 0.1) is 0 Å². The van der Waals surface area contributed by atoms with Gasteiger partial charge in [-0.25, -0.2) is 0 Å². The highest BCUT2D eigenvalue weighted by Gasteiger charge is 2.46. The molecule has 0 saturated carbocycles. The Balaban J connectivity index is 1.14. The van der Waals surface area contributed by atoms with Gasteiger partial charge in [0.25, 0.3) is 0 Å². The Morgan fingerprint density at radius 2 is 0.613 bits per heavy atom. The van der Waals surface area contributed by atoms with E-state index in [-0.39, 0.29) is 0 Å². The van der Waals surface area contributed by atoms with Crippen LogP contribution in [0.2, 0.25) is 0 Å². The number of hydrogen-bond acceptors (Lipinski definition) is 1. The van der Waals surface area contributed by atoms with Gasteiger partial charge in [0.1, 0.15) is 0 Å². The Morgan fingerprint density at radius 1 is 0.242 bits per heavy atom. The molecule has 290 valence electrons. The monoisotopic (exact) mass is 787 g/mol. The molecule has 0 saturated heterocycles. The second-order valence-corrected chi connectivity index (χ2v) is 16.3. The molecule has 0 heterocycles. The molecule has 0 atom stereocenters. The van der Waals surface area contributed by atoms with Gasteiger partial charge in [-0.3, -0.25) is 0 Å². The minimum absolute atomic E-state index is 0.476. The first kappa shape index (κ1) is 35.9. The van der Waals surface area contributed by atoms with Crippen LogP contribution in [-0.4, -0.2) is 0 Å². The maximum absolute atomic E-state index is 2.48. The predicted molar refractivity (Wildman–Crippen MR) is 259 cm³/mol. The van der Waals surface area contributed by atoms with Crippen molar-refractivity contribution in [2.24, 2.45) is 0 Å². The fraction of sp³-hybridized carbons (Fsp3) is 0.0164. The molecular formula is C61H41N. The highest BCUT2D eigenvalue weighted by Crippen LogP contribution is 2.58. The van der Waals surface area contributed by atoms with Gasteiger partial charge in [-0.05, 0) is 114 Å². The number of para-hydroxylation sites is 1. The molecule has 0 amide bonds. The molecule has 0 radical (unpaired) electrons. The summed E-state index contributed by atoms with van der Waals surface area (Å²) >= 11 is 0. The molecule has 0 bridgehead atoms. The van der Waals surface area contributed by atoms with Crippen LogP contribution >= 0.6 is 0 Å². The molecule has 0 fully saturated rings. The zero-order chi connectivity index (χ0) is 41.0. The van der Waals surface area contributed by atoms with E-state index in [2.05, 4.69) is 254 Å². The van der Waals surface area contributed by atoms with E-state index in [0.717, 1.165) is 17.1 Å². The number of anilines is 3. The summed E-state index contributed by atoms with van der Waals surface area (Å²) < 4.78 is 0. The quantitative estimate of drug-likeness (QED) is 0.162. The minimum Gasteiger partial charge on any atom is -0.310 e. The van der Waals surface area contributed by atoms with Crippen LogP contribution in [0.15, 0.2) is 249 Å². The first-order valence-electron chi connectivity index (χ1n) is 21.5. The maximum Gasteiger partial charge on any atom is 0.0713 e. The van der Waals surface area contributed by atoms with Gasteiger partial charge in [0.2, 0.25) is 0 Å². The molecule has 0 aromatic heterocycles. The largest absolute Gasteiger partial charge is 0.310 e. The third-order valence-electron chi connectivity index (χ3n) is 13.1. The lowest BCUT2D eigenvalue weighted by molar-refractivity contribution is 0.768. The Bertz CT molecular complexity index is 3250. The molecule has 2 aliphatic rings. The lowest BCUT2D eigenvalue weighted by Gasteiger charge is -2.34. The van der Waals surface area contributed by atoms with E-state index in [1.54, 1.807) is 0 Å². The van der Waals surface area contributed by atoms with Crippen molar-refractivity contribution in [3.63, 3.8) is 0 Å². The van der Waals surface area contributed by atoms with E-state index in [1.165, 1.54) is 89.0 Å². The summed E-state index contributed by atoms with van der Waals surface area (Å²) in [6, 6.07) is 91.8. The van der Waals surface area contributed by atoms with E-state index in [4.69, 9.17) is 0 Å². The van der Waals surface area contributed by atoms with Gasteiger partial charge in [0.05, 0.1) is 11.1 Å². The average Bonchev–Trinajstić information content (AvgIpc) is 3.65. The van der Waals surface area contributed by atoms with Gasteiger partial charge < -0.3 is 4.90 Å². The normalized spacial score (nSPS) is 12.6. The zero-order valence-corrected chi connectivity index (χ0v) is 34.1. The van der Waals surface area contributed by atoms with E-state index >= 15 is 0 Å². The van der Waals surface area contributed by atoms with Crippen LogP contribution in [0.3, 0.4) is 0 Å². The molecular weight excluding hydrogens is 747 g/mol. The number of fused-ring (bicyclic) bond motifs is 11. The van der Waals surface area contributed by atoms with Crippen LogP contribution in [0.4, 0.5) is 17.1 Å². The highest BCUT2D eigenvalue weighted by molar-refractivity contribution is 6.04. The average molecular weight is 788 g/mol.